The largest absolute Gasteiger partial charge is 0.489 e. The first-order chi connectivity index (χ1) is 9.78. The third-order valence-electron chi connectivity index (χ3n) is 2.72. The van der Waals surface area contributed by atoms with Crippen LogP contribution in [-0.2, 0) is 41.3 Å². The second-order valence-corrected chi connectivity index (χ2v) is 4.23. The molecular weight excluding hydrogens is 303 g/mol. The van der Waals surface area contributed by atoms with Crippen LogP contribution in [0.1, 0.15) is 11.1 Å². The quantitative estimate of drug-likeness (QED) is 0.604. The number of ether oxygens (including phenoxy) is 2. The van der Waals surface area contributed by atoms with Crippen LogP contribution in [0.15, 0.2) is 67.3 Å². The topological polar surface area (TPSA) is 35.5 Å². The van der Waals surface area contributed by atoms with E-state index in [1.54, 1.807) is 0 Å². The van der Waals surface area contributed by atoms with Crippen molar-refractivity contribution < 1.29 is 32.8 Å². The minimum atomic E-state index is -0.422. The van der Waals surface area contributed by atoms with Gasteiger partial charge in [0.25, 0.3) is 0 Å². The third kappa shape index (κ3) is 5.90. The van der Waals surface area contributed by atoms with Crippen molar-refractivity contribution in [2.75, 3.05) is 0 Å². The van der Waals surface area contributed by atoms with Gasteiger partial charge >= 0.3 is 5.97 Å². The smallest absolute Gasteiger partial charge is 0.330 e. The van der Waals surface area contributed by atoms with Crippen molar-refractivity contribution in [3.8, 4) is 5.75 Å². The minimum absolute atomic E-state index is 0. The van der Waals surface area contributed by atoms with E-state index >= 15 is 0 Å². The zero-order chi connectivity index (χ0) is 14.2. The summed E-state index contributed by atoms with van der Waals surface area (Å²) in [6.45, 7) is 4.12. The van der Waals surface area contributed by atoms with Gasteiger partial charge in [0.2, 0.25) is 0 Å². The zero-order valence-corrected chi connectivity index (χ0v) is 13.0. The summed E-state index contributed by atoms with van der Waals surface area (Å²) in [6, 6.07) is 17.4. The van der Waals surface area contributed by atoms with E-state index < -0.39 is 5.97 Å². The van der Waals surface area contributed by atoms with Crippen LogP contribution in [0, 0.1) is 0 Å². The normalized spacial score (nSPS) is 9.33. The van der Waals surface area contributed by atoms with Gasteiger partial charge in [-0.2, -0.15) is 0 Å². The van der Waals surface area contributed by atoms with Gasteiger partial charge in [-0.1, -0.05) is 49.0 Å². The fourth-order valence-electron chi connectivity index (χ4n) is 1.64. The van der Waals surface area contributed by atoms with Crippen molar-refractivity contribution in [2.24, 2.45) is 0 Å². The molecule has 2 aromatic rings. The van der Waals surface area contributed by atoms with Crippen LogP contribution in [0.5, 0.6) is 5.75 Å². The predicted octanol–water partition coefficient (Wildman–Crippen LogP) is 3.49. The Morgan fingerprint density at radius 1 is 0.952 bits per heavy atom. The van der Waals surface area contributed by atoms with Crippen LogP contribution in [0.2, 0.25) is 0 Å². The van der Waals surface area contributed by atoms with E-state index in [9.17, 15) is 4.79 Å². The van der Waals surface area contributed by atoms with Gasteiger partial charge < -0.3 is 9.47 Å². The van der Waals surface area contributed by atoms with E-state index in [0.717, 1.165) is 23.0 Å². The van der Waals surface area contributed by atoms with Gasteiger partial charge in [0.15, 0.2) is 0 Å². The van der Waals surface area contributed by atoms with Crippen LogP contribution in [0.4, 0.5) is 0 Å². The minimum Gasteiger partial charge on any atom is -0.489 e. The maximum absolute atomic E-state index is 10.9. The van der Waals surface area contributed by atoms with Gasteiger partial charge in [-0.3, -0.25) is 0 Å². The number of carbonyl (C=O) groups is 1. The molecule has 0 N–H and O–H groups in total. The summed E-state index contributed by atoms with van der Waals surface area (Å²) >= 11 is 0. The summed E-state index contributed by atoms with van der Waals surface area (Å²) in [6.07, 6.45) is 1.15. The van der Waals surface area contributed by atoms with Crippen LogP contribution in [0.25, 0.3) is 0 Å². The molecule has 0 aliphatic carbocycles. The van der Waals surface area contributed by atoms with Crippen molar-refractivity contribution in [1.82, 2.24) is 0 Å². The molecule has 0 aliphatic rings. The van der Waals surface area contributed by atoms with Gasteiger partial charge in [0.1, 0.15) is 19.0 Å². The summed E-state index contributed by atoms with van der Waals surface area (Å²) in [7, 11) is 0. The Balaban J connectivity index is 0.00000220. The fraction of sp³-hybridized carbons (Fsp3) is 0.118. The summed E-state index contributed by atoms with van der Waals surface area (Å²) in [5, 5.41) is 0. The van der Waals surface area contributed by atoms with E-state index in [2.05, 4.69) is 6.58 Å². The first-order valence-corrected chi connectivity index (χ1v) is 6.33. The molecule has 2 aromatic carbocycles. The molecule has 0 saturated heterocycles. The molecule has 0 heterocycles. The van der Waals surface area contributed by atoms with Gasteiger partial charge in [0.05, 0.1) is 0 Å². The van der Waals surface area contributed by atoms with Crippen molar-refractivity contribution in [3.63, 3.8) is 0 Å². The van der Waals surface area contributed by atoms with Crippen LogP contribution in [0.3, 0.4) is 0 Å². The molecule has 0 aromatic heterocycles. The number of esters is 1. The molecule has 0 fully saturated rings. The molecule has 1 radical (unpaired) electrons. The predicted molar refractivity (Wildman–Crippen MR) is 77.2 cm³/mol. The monoisotopic (exact) mass is 319 g/mol. The molecule has 0 unspecified atom stereocenters. The van der Waals surface area contributed by atoms with E-state index in [0.29, 0.717) is 6.61 Å². The zero-order valence-electron chi connectivity index (χ0n) is 11.6. The first kappa shape index (κ1) is 17.1. The Hall–Kier alpha value is -1.97. The van der Waals surface area contributed by atoms with Crippen molar-refractivity contribution >= 4 is 5.97 Å². The molecule has 0 saturated carbocycles. The van der Waals surface area contributed by atoms with Crippen molar-refractivity contribution in [3.05, 3.63) is 78.4 Å². The van der Waals surface area contributed by atoms with Crippen molar-refractivity contribution in [2.45, 2.75) is 13.2 Å². The van der Waals surface area contributed by atoms with E-state index in [1.807, 2.05) is 54.6 Å². The number of benzene rings is 2. The number of rotatable bonds is 6. The molecule has 2 rings (SSSR count). The Morgan fingerprint density at radius 2 is 1.57 bits per heavy atom. The molecule has 0 spiro atoms. The summed E-state index contributed by atoms with van der Waals surface area (Å²) in [5.74, 6) is 0.363. The summed E-state index contributed by atoms with van der Waals surface area (Å²) < 4.78 is 10.6. The van der Waals surface area contributed by atoms with Crippen LogP contribution in [-0.4, -0.2) is 5.97 Å². The third-order valence-corrected chi connectivity index (χ3v) is 2.72. The first-order valence-electron chi connectivity index (χ1n) is 6.33. The number of hydrogen-bond donors (Lipinski definition) is 0. The maximum atomic E-state index is 10.9. The van der Waals surface area contributed by atoms with E-state index in [4.69, 9.17) is 9.47 Å². The van der Waals surface area contributed by atoms with Gasteiger partial charge in [-0.05, 0) is 23.3 Å². The van der Waals surface area contributed by atoms with Crippen LogP contribution < -0.4 is 4.74 Å². The molecule has 3 nitrogen and oxygen atoms in total. The number of hydrogen-bond acceptors (Lipinski definition) is 3. The SMILES string of the molecule is C=CC(=O)OCc1ccc(OCc2ccccc2)cc1.[V]. The standard InChI is InChI=1S/C17H16O3.V/c1-2-17(18)20-13-15-8-10-16(11-9-15)19-12-14-6-4-3-5-7-14;/h2-11H,1,12-13H2;. The molecule has 0 bridgehead atoms. The van der Waals surface area contributed by atoms with Crippen molar-refractivity contribution in [1.29, 1.82) is 0 Å². The molecule has 21 heavy (non-hydrogen) atoms. The molecule has 4 heteroatoms. The fourth-order valence-corrected chi connectivity index (χ4v) is 1.64. The second-order valence-electron chi connectivity index (χ2n) is 4.23. The van der Waals surface area contributed by atoms with Gasteiger partial charge in [0, 0.05) is 24.6 Å². The second kappa shape index (κ2) is 9.06. The summed E-state index contributed by atoms with van der Waals surface area (Å²) in [5.41, 5.74) is 2.03. The van der Waals surface area contributed by atoms with E-state index in [-0.39, 0.29) is 25.2 Å². The molecule has 107 valence electrons. The summed E-state index contributed by atoms with van der Waals surface area (Å²) in [4.78, 5) is 10.9. The van der Waals surface area contributed by atoms with Gasteiger partial charge in [-0.15, -0.1) is 0 Å². The Kier molecular flexibility index (Phi) is 7.37. The molecule has 0 amide bonds. The van der Waals surface area contributed by atoms with E-state index in [1.165, 1.54) is 0 Å². The Morgan fingerprint density at radius 3 is 2.19 bits per heavy atom. The average molecular weight is 319 g/mol. The number of carbonyl (C=O) groups excluding carboxylic acids is 1. The van der Waals surface area contributed by atoms with Crippen LogP contribution >= 0.6 is 0 Å². The Bertz CT molecular complexity index is 564. The average Bonchev–Trinajstić information content (AvgIpc) is 2.52. The molecular formula is C17H16O3V. The molecule has 0 atom stereocenters. The van der Waals surface area contributed by atoms with Gasteiger partial charge in [-0.25, -0.2) is 4.79 Å². The maximum Gasteiger partial charge on any atom is 0.330 e. The molecule has 0 aliphatic heterocycles. The Labute approximate surface area is 136 Å².